The van der Waals surface area contributed by atoms with Gasteiger partial charge >= 0.3 is 0 Å². The maximum absolute atomic E-state index is 8.96. The molecule has 2 nitrogen and oxygen atoms in total. The Morgan fingerprint density at radius 2 is 2.00 bits per heavy atom. The normalized spacial score (nSPS) is 12.1. The van der Waals surface area contributed by atoms with Gasteiger partial charge in [0.15, 0.2) is 0 Å². The smallest absolute Gasteiger partial charge is 0.0558 e. The first-order valence-electron chi connectivity index (χ1n) is 6.00. The van der Waals surface area contributed by atoms with Crippen molar-refractivity contribution in [2.45, 2.75) is 13.3 Å². The van der Waals surface area contributed by atoms with Gasteiger partial charge in [-0.1, -0.05) is 48.9 Å². The van der Waals surface area contributed by atoms with Crippen LogP contribution in [0, 0.1) is 0 Å². The fraction of sp³-hybridized carbons (Fsp3) is 0.429. The zero-order valence-electron chi connectivity index (χ0n) is 10.3. The summed E-state index contributed by atoms with van der Waals surface area (Å²) in [4.78, 5) is 2.15. The van der Waals surface area contributed by atoms with Crippen molar-refractivity contribution < 1.29 is 5.11 Å². The Morgan fingerprint density at radius 1 is 1.29 bits per heavy atom. The molecule has 0 unspecified atom stereocenters. The van der Waals surface area contributed by atoms with Crippen molar-refractivity contribution in [3.05, 3.63) is 40.9 Å². The highest BCUT2D eigenvalue weighted by Crippen LogP contribution is 2.11. The van der Waals surface area contributed by atoms with Gasteiger partial charge in [-0.2, -0.15) is 0 Å². The molecule has 0 radical (unpaired) electrons. The Hall–Kier alpha value is -0.830. The van der Waals surface area contributed by atoms with Crippen molar-refractivity contribution >= 4 is 17.7 Å². The van der Waals surface area contributed by atoms with Crippen LogP contribution in [0.15, 0.2) is 35.4 Å². The van der Waals surface area contributed by atoms with Crippen molar-refractivity contribution in [2.75, 3.05) is 26.2 Å². The molecule has 1 aromatic rings. The van der Waals surface area contributed by atoms with Gasteiger partial charge in [0.1, 0.15) is 0 Å². The molecule has 1 rings (SSSR count). The molecule has 0 bridgehead atoms. The van der Waals surface area contributed by atoms with Crippen LogP contribution in [0.3, 0.4) is 0 Å². The molecule has 0 fully saturated rings. The second kappa shape index (κ2) is 8.29. The Kier molecular flexibility index (Phi) is 6.94. The van der Waals surface area contributed by atoms with Crippen LogP contribution in [0.25, 0.3) is 6.08 Å². The number of aliphatic hydroxyl groups excluding tert-OH is 1. The number of benzene rings is 1. The Balaban J connectivity index is 2.57. The van der Waals surface area contributed by atoms with E-state index in [2.05, 4.69) is 11.8 Å². The van der Waals surface area contributed by atoms with E-state index in [1.165, 1.54) is 0 Å². The number of hydrogen-bond acceptors (Lipinski definition) is 2. The highest BCUT2D eigenvalue weighted by molar-refractivity contribution is 6.31. The first-order valence-corrected chi connectivity index (χ1v) is 6.38. The van der Waals surface area contributed by atoms with Crippen LogP contribution < -0.4 is 0 Å². The summed E-state index contributed by atoms with van der Waals surface area (Å²) in [6, 6.07) is 10.0. The molecule has 0 aliphatic carbocycles. The molecule has 0 spiro atoms. The number of rotatable bonds is 7. The SMILES string of the molecule is CCCN(CCO)CC(Cl)=Cc1ccccc1. The molecule has 0 amide bonds. The summed E-state index contributed by atoms with van der Waals surface area (Å²) in [6.07, 6.45) is 3.04. The van der Waals surface area contributed by atoms with Crippen molar-refractivity contribution in [3.8, 4) is 0 Å². The minimum Gasteiger partial charge on any atom is -0.395 e. The van der Waals surface area contributed by atoms with E-state index < -0.39 is 0 Å². The van der Waals surface area contributed by atoms with Crippen molar-refractivity contribution in [2.24, 2.45) is 0 Å². The number of hydrogen-bond donors (Lipinski definition) is 1. The molecule has 0 heterocycles. The van der Waals surface area contributed by atoms with Crippen molar-refractivity contribution in [1.82, 2.24) is 4.90 Å². The molecule has 0 atom stereocenters. The summed E-state index contributed by atoms with van der Waals surface area (Å²) < 4.78 is 0. The molecule has 0 saturated heterocycles. The molecule has 17 heavy (non-hydrogen) atoms. The zero-order valence-corrected chi connectivity index (χ0v) is 11.0. The summed E-state index contributed by atoms with van der Waals surface area (Å²) in [5.74, 6) is 0. The molecule has 0 aliphatic heterocycles. The van der Waals surface area contributed by atoms with Crippen LogP contribution in [0.1, 0.15) is 18.9 Å². The lowest BCUT2D eigenvalue weighted by Gasteiger charge is -2.19. The summed E-state index contributed by atoms with van der Waals surface area (Å²) >= 11 is 6.22. The van der Waals surface area contributed by atoms with Crippen LogP contribution in [0.4, 0.5) is 0 Å². The third-order valence-corrected chi connectivity index (χ3v) is 2.68. The molecule has 3 heteroatoms. The molecule has 1 aromatic carbocycles. The van der Waals surface area contributed by atoms with E-state index in [-0.39, 0.29) is 6.61 Å². The molecular formula is C14H20ClNO. The molecule has 0 aromatic heterocycles. The lowest BCUT2D eigenvalue weighted by molar-refractivity contribution is 0.208. The average Bonchev–Trinajstić information content (AvgIpc) is 2.30. The third kappa shape index (κ3) is 5.87. The van der Waals surface area contributed by atoms with Crippen molar-refractivity contribution in [1.29, 1.82) is 0 Å². The molecule has 0 aliphatic rings. The first kappa shape index (κ1) is 14.2. The summed E-state index contributed by atoms with van der Waals surface area (Å²) in [7, 11) is 0. The summed E-state index contributed by atoms with van der Waals surface area (Å²) in [6.45, 7) is 4.63. The predicted molar refractivity (Wildman–Crippen MR) is 74.1 cm³/mol. The van der Waals surface area contributed by atoms with Crippen LogP contribution >= 0.6 is 11.6 Å². The first-order chi connectivity index (χ1) is 8.26. The van der Waals surface area contributed by atoms with Gasteiger partial charge in [0.2, 0.25) is 0 Å². The molecule has 1 N–H and O–H groups in total. The van der Waals surface area contributed by atoms with Gasteiger partial charge in [0, 0.05) is 18.1 Å². The minimum atomic E-state index is 0.176. The highest BCUT2D eigenvalue weighted by atomic mass is 35.5. The van der Waals surface area contributed by atoms with Gasteiger partial charge in [0.05, 0.1) is 6.61 Å². The van der Waals surface area contributed by atoms with Gasteiger partial charge in [-0.3, -0.25) is 4.90 Å². The zero-order chi connectivity index (χ0) is 12.5. The lowest BCUT2D eigenvalue weighted by atomic mass is 10.2. The molecular weight excluding hydrogens is 234 g/mol. The second-order valence-electron chi connectivity index (χ2n) is 4.00. The van der Waals surface area contributed by atoms with Crippen molar-refractivity contribution in [3.63, 3.8) is 0 Å². The summed E-state index contributed by atoms with van der Waals surface area (Å²) in [5.41, 5.74) is 1.11. The van der Waals surface area contributed by atoms with Gasteiger partial charge in [-0.05, 0) is 24.6 Å². The maximum Gasteiger partial charge on any atom is 0.0558 e. The number of nitrogens with zero attached hydrogens (tertiary/aromatic N) is 1. The van der Waals surface area contributed by atoms with E-state index in [4.69, 9.17) is 16.7 Å². The van der Waals surface area contributed by atoms with E-state index in [0.29, 0.717) is 13.1 Å². The summed E-state index contributed by atoms with van der Waals surface area (Å²) in [5, 5.41) is 9.77. The largest absolute Gasteiger partial charge is 0.395 e. The van der Waals surface area contributed by atoms with E-state index in [0.717, 1.165) is 23.6 Å². The minimum absolute atomic E-state index is 0.176. The average molecular weight is 254 g/mol. The van der Waals surface area contributed by atoms with E-state index in [1.807, 2.05) is 36.4 Å². The Bertz CT molecular complexity index is 331. The fourth-order valence-corrected chi connectivity index (χ4v) is 2.01. The lowest BCUT2D eigenvalue weighted by Crippen LogP contribution is -2.28. The van der Waals surface area contributed by atoms with Crippen LogP contribution in [0.2, 0.25) is 0 Å². The van der Waals surface area contributed by atoms with E-state index in [9.17, 15) is 0 Å². The monoisotopic (exact) mass is 253 g/mol. The topological polar surface area (TPSA) is 23.5 Å². The third-order valence-electron chi connectivity index (χ3n) is 2.45. The van der Waals surface area contributed by atoms with E-state index in [1.54, 1.807) is 0 Å². The van der Waals surface area contributed by atoms with Gasteiger partial charge in [-0.25, -0.2) is 0 Å². The number of aliphatic hydroxyl groups is 1. The van der Waals surface area contributed by atoms with Crippen LogP contribution in [-0.4, -0.2) is 36.2 Å². The Labute approximate surface area is 109 Å². The molecule has 94 valence electrons. The highest BCUT2D eigenvalue weighted by Gasteiger charge is 2.04. The van der Waals surface area contributed by atoms with E-state index >= 15 is 0 Å². The Morgan fingerprint density at radius 3 is 2.59 bits per heavy atom. The second-order valence-corrected chi connectivity index (χ2v) is 4.49. The number of halogens is 1. The molecule has 0 saturated carbocycles. The van der Waals surface area contributed by atoms with Crippen LogP contribution in [-0.2, 0) is 0 Å². The maximum atomic E-state index is 8.96. The van der Waals surface area contributed by atoms with Crippen LogP contribution in [0.5, 0.6) is 0 Å². The fourth-order valence-electron chi connectivity index (χ4n) is 1.72. The predicted octanol–water partition coefficient (Wildman–Crippen LogP) is 2.97. The van der Waals surface area contributed by atoms with Gasteiger partial charge in [0.25, 0.3) is 0 Å². The van der Waals surface area contributed by atoms with Gasteiger partial charge in [-0.15, -0.1) is 0 Å². The standard InChI is InChI=1S/C14H20ClNO/c1-2-8-16(9-10-17)12-14(15)11-13-6-4-3-5-7-13/h3-7,11,17H,2,8-10,12H2,1H3. The van der Waals surface area contributed by atoms with Gasteiger partial charge < -0.3 is 5.11 Å². The quantitative estimate of drug-likeness (QED) is 0.808.